The molecule has 164 valence electrons. The molecule has 1 aromatic heterocycles. The van der Waals surface area contributed by atoms with Gasteiger partial charge in [-0.3, -0.25) is 14.4 Å². The predicted octanol–water partition coefficient (Wildman–Crippen LogP) is 4.39. The maximum absolute atomic E-state index is 13.6. The third-order valence-electron chi connectivity index (χ3n) is 5.50. The minimum absolute atomic E-state index is 0.381. The fraction of sp³-hybridized carbons (Fsp3) is 0.190. The normalized spacial score (nSPS) is 22.8. The molecule has 1 saturated heterocycles. The number of aromatic amines is 1. The second-order valence-corrected chi connectivity index (χ2v) is 9.49. The maximum atomic E-state index is 13.6. The quantitative estimate of drug-likeness (QED) is 0.436. The standard InChI is InChI=1S/C21H12F4N2O3S2/c22-10-7-5-9(6-8-10)13-14-16(31-17-15(13)32-20(30)26-17)19(29)27(18(14)28)12-4-2-1-3-11(12)21(23,24)25/h1-8,13-14,16H,(H,26,30). The van der Waals surface area contributed by atoms with Crippen LogP contribution in [0.25, 0.3) is 0 Å². The van der Waals surface area contributed by atoms with Gasteiger partial charge in [0.05, 0.1) is 22.2 Å². The number of hydrogen-bond donors (Lipinski definition) is 1. The first kappa shape index (κ1) is 21.0. The average molecular weight is 480 g/mol. The Morgan fingerprint density at radius 1 is 0.938 bits per heavy atom. The van der Waals surface area contributed by atoms with Gasteiger partial charge in [0.1, 0.15) is 11.1 Å². The molecular weight excluding hydrogens is 468 g/mol. The molecule has 1 N–H and O–H groups in total. The fourth-order valence-electron chi connectivity index (χ4n) is 4.19. The van der Waals surface area contributed by atoms with Crippen LogP contribution in [-0.4, -0.2) is 22.0 Å². The number of fused-ring (bicyclic) bond motifs is 2. The number of benzene rings is 2. The van der Waals surface area contributed by atoms with Crippen molar-refractivity contribution in [3.63, 3.8) is 0 Å². The number of thioether (sulfide) groups is 1. The number of amides is 2. The van der Waals surface area contributed by atoms with Crippen molar-refractivity contribution in [2.45, 2.75) is 22.4 Å². The summed E-state index contributed by atoms with van der Waals surface area (Å²) in [7, 11) is 0. The highest BCUT2D eigenvalue weighted by molar-refractivity contribution is 8.00. The van der Waals surface area contributed by atoms with Gasteiger partial charge in [0.15, 0.2) is 0 Å². The summed E-state index contributed by atoms with van der Waals surface area (Å²) in [5.41, 5.74) is -1.13. The molecule has 3 atom stereocenters. The Balaban J connectivity index is 1.66. The summed E-state index contributed by atoms with van der Waals surface area (Å²) < 4.78 is 54.3. The Morgan fingerprint density at radius 2 is 1.62 bits per heavy atom. The first-order chi connectivity index (χ1) is 15.2. The van der Waals surface area contributed by atoms with Crippen LogP contribution in [0.4, 0.5) is 23.2 Å². The number of nitrogens with zero attached hydrogens (tertiary/aromatic N) is 1. The predicted molar refractivity (Wildman–Crippen MR) is 110 cm³/mol. The van der Waals surface area contributed by atoms with Crippen LogP contribution in [0.1, 0.15) is 21.9 Å². The number of aromatic nitrogens is 1. The minimum Gasteiger partial charge on any atom is -0.307 e. The number of nitrogens with one attached hydrogen (secondary N) is 1. The number of carbonyl (C=O) groups is 2. The summed E-state index contributed by atoms with van der Waals surface area (Å²) >= 11 is 1.83. The number of para-hydroxylation sites is 1. The van der Waals surface area contributed by atoms with Crippen LogP contribution in [-0.2, 0) is 15.8 Å². The van der Waals surface area contributed by atoms with Gasteiger partial charge in [-0.15, -0.1) is 0 Å². The van der Waals surface area contributed by atoms with Crippen molar-refractivity contribution in [3.8, 4) is 0 Å². The number of alkyl halides is 3. The molecule has 5 rings (SSSR count). The van der Waals surface area contributed by atoms with Crippen LogP contribution in [0.2, 0.25) is 0 Å². The van der Waals surface area contributed by atoms with Crippen molar-refractivity contribution < 1.29 is 27.2 Å². The van der Waals surface area contributed by atoms with Gasteiger partial charge in [-0.2, -0.15) is 13.2 Å². The zero-order valence-electron chi connectivity index (χ0n) is 15.9. The van der Waals surface area contributed by atoms with Gasteiger partial charge in [-0.1, -0.05) is 47.4 Å². The Hall–Kier alpha value is -2.92. The van der Waals surface area contributed by atoms with Gasteiger partial charge < -0.3 is 4.98 Å². The van der Waals surface area contributed by atoms with Gasteiger partial charge in [-0.25, -0.2) is 9.29 Å². The summed E-state index contributed by atoms with van der Waals surface area (Å²) in [5.74, 6) is -3.90. The van der Waals surface area contributed by atoms with Crippen LogP contribution in [0.5, 0.6) is 0 Å². The lowest BCUT2D eigenvalue weighted by Crippen LogP contribution is -2.33. The lowest BCUT2D eigenvalue weighted by molar-refractivity contribution is -0.137. The topological polar surface area (TPSA) is 70.2 Å². The Bertz CT molecular complexity index is 1300. The Kier molecular flexibility index (Phi) is 4.79. The van der Waals surface area contributed by atoms with Crippen molar-refractivity contribution in [2.24, 2.45) is 5.92 Å². The highest BCUT2D eigenvalue weighted by atomic mass is 32.2. The fourth-order valence-corrected chi connectivity index (χ4v) is 6.71. The van der Waals surface area contributed by atoms with E-state index in [1.165, 1.54) is 36.4 Å². The van der Waals surface area contributed by atoms with Gasteiger partial charge in [-0.05, 0) is 29.8 Å². The van der Waals surface area contributed by atoms with Crippen LogP contribution in [0.15, 0.2) is 58.4 Å². The van der Waals surface area contributed by atoms with E-state index >= 15 is 0 Å². The maximum Gasteiger partial charge on any atom is 0.418 e. The molecule has 0 aliphatic carbocycles. The summed E-state index contributed by atoms with van der Waals surface area (Å²) in [4.78, 5) is 42.1. The molecule has 32 heavy (non-hydrogen) atoms. The number of anilines is 1. The highest BCUT2D eigenvalue weighted by Gasteiger charge is 2.57. The van der Waals surface area contributed by atoms with Crippen molar-refractivity contribution >= 4 is 40.6 Å². The molecule has 11 heteroatoms. The monoisotopic (exact) mass is 480 g/mol. The van der Waals surface area contributed by atoms with E-state index in [1.54, 1.807) is 0 Å². The van der Waals surface area contributed by atoms with Gasteiger partial charge >= 0.3 is 11.0 Å². The van der Waals surface area contributed by atoms with Crippen molar-refractivity contribution in [1.29, 1.82) is 0 Å². The molecule has 3 aromatic rings. The van der Waals surface area contributed by atoms with E-state index in [0.29, 0.717) is 20.4 Å². The highest BCUT2D eigenvalue weighted by Crippen LogP contribution is 2.53. The van der Waals surface area contributed by atoms with Crippen LogP contribution in [0.3, 0.4) is 0 Å². The molecule has 2 amide bonds. The lowest BCUT2D eigenvalue weighted by atomic mass is 9.83. The first-order valence-electron chi connectivity index (χ1n) is 9.36. The number of carbonyl (C=O) groups excluding carboxylic acids is 2. The molecule has 2 aliphatic heterocycles. The number of H-pyrrole nitrogens is 1. The lowest BCUT2D eigenvalue weighted by Gasteiger charge is -2.29. The van der Waals surface area contributed by atoms with Crippen molar-refractivity contribution in [3.05, 3.63) is 80.0 Å². The molecule has 0 spiro atoms. The van der Waals surface area contributed by atoms with E-state index in [0.717, 1.165) is 35.2 Å². The van der Waals surface area contributed by atoms with E-state index in [4.69, 9.17) is 0 Å². The molecule has 0 bridgehead atoms. The SMILES string of the molecule is O=C1C2Sc3[nH]c(=O)sc3C(c3ccc(F)cc3)C2C(=O)N1c1ccccc1C(F)(F)F. The molecule has 3 unspecified atom stereocenters. The number of hydrogen-bond acceptors (Lipinski definition) is 5. The Morgan fingerprint density at radius 3 is 2.31 bits per heavy atom. The van der Waals surface area contributed by atoms with Crippen LogP contribution < -0.4 is 9.77 Å². The van der Waals surface area contributed by atoms with Crippen LogP contribution in [0, 0.1) is 11.7 Å². The van der Waals surface area contributed by atoms with E-state index in [-0.39, 0.29) is 4.87 Å². The molecule has 3 heterocycles. The first-order valence-corrected chi connectivity index (χ1v) is 11.1. The molecule has 2 aromatic carbocycles. The molecule has 1 fully saturated rings. The summed E-state index contributed by atoms with van der Waals surface area (Å²) in [5, 5.41) is -0.640. The molecule has 5 nitrogen and oxygen atoms in total. The van der Waals surface area contributed by atoms with E-state index in [1.807, 2.05) is 0 Å². The molecule has 0 radical (unpaired) electrons. The number of halogens is 4. The Labute approximate surface area is 186 Å². The number of thiazole rings is 1. The molecule has 2 aliphatic rings. The van der Waals surface area contributed by atoms with E-state index < -0.39 is 52.1 Å². The van der Waals surface area contributed by atoms with Gasteiger partial charge in [0, 0.05) is 10.8 Å². The van der Waals surface area contributed by atoms with Crippen molar-refractivity contribution in [2.75, 3.05) is 4.90 Å². The van der Waals surface area contributed by atoms with E-state index in [9.17, 15) is 31.9 Å². The molecule has 0 saturated carbocycles. The van der Waals surface area contributed by atoms with Gasteiger partial charge in [0.2, 0.25) is 11.8 Å². The third-order valence-corrected chi connectivity index (χ3v) is 7.90. The largest absolute Gasteiger partial charge is 0.418 e. The number of imide groups is 1. The van der Waals surface area contributed by atoms with Crippen molar-refractivity contribution in [1.82, 2.24) is 4.98 Å². The average Bonchev–Trinajstić information content (AvgIpc) is 3.23. The zero-order valence-corrected chi connectivity index (χ0v) is 17.5. The smallest absolute Gasteiger partial charge is 0.307 e. The summed E-state index contributed by atoms with van der Waals surface area (Å²) in [6.45, 7) is 0. The second-order valence-electron chi connectivity index (χ2n) is 7.33. The van der Waals surface area contributed by atoms with Gasteiger partial charge in [0.25, 0.3) is 0 Å². The van der Waals surface area contributed by atoms with E-state index in [2.05, 4.69) is 4.98 Å². The second kappa shape index (κ2) is 7.31. The van der Waals surface area contributed by atoms with Crippen LogP contribution >= 0.6 is 23.1 Å². The third kappa shape index (κ3) is 3.18. The summed E-state index contributed by atoms with van der Waals surface area (Å²) in [6, 6.07) is 9.70. The molecular formula is C21H12F4N2O3S2. The minimum atomic E-state index is -4.77. The zero-order chi connectivity index (χ0) is 22.8. The number of rotatable bonds is 2. The summed E-state index contributed by atoms with van der Waals surface area (Å²) in [6.07, 6.45) is -4.77.